The molecule has 1 saturated heterocycles. The van der Waals surface area contributed by atoms with E-state index in [2.05, 4.69) is 33.1 Å². The van der Waals surface area contributed by atoms with Gasteiger partial charge >= 0.3 is 0 Å². The van der Waals surface area contributed by atoms with Crippen LogP contribution in [0.2, 0.25) is 0 Å². The van der Waals surface area contributed by atoms with Gasteiger partial charge in [0.1, 0.15) is 5.82 Å². The molecule has 1 fully saturated rings. The highest BCUT2D eigenvalue weighted by Gasteiger charge is 2.21. The van der Waals surface area contributed by atoms with E-state index in [4.69, 9.17) is 5.26 Å². The van der Waals surface area contributed by atoms with E-state index in [-0.39, 0.29) is 0 Å². The molecule has 0 spiro atoms. The van der Waals surface area contributed by atoms with Crippen LogP contribution in [-0.2, 0) is 0 Å². The second-order valence-electron chi connectivity index (χ2n) is 5.06. The minimum absolute atomic E-state index is 0.579. The highest BCUT2D eigenvalue weighted by atomic mass is 15.2. The molecule has 4 heteroatoms. The molecule has 0 bridgehead atoms. The second-order valence-corrected chi connectivity index (χ2v) is 5.06. The van der Waals surface area contributed by atoms with Crippen molar-refractivity contribution in [3.8, 4) is 6.07 Å². The van der Waals surface area contributed by atoms with Gasteiger partial charge < -0.3 is 4.90 Å². The Morgan fingerprint density at radius 1 is 1.10 bits per heavy atom. The highest BCUT2D eigenvalue weighted by Crippen LogP contribution is 2.29. The smallest absolute Gasteiger partial charge is 0.147 e. The third-order valence-corrected chi connectivity index (χ3v) is 3.88. The largest absolute Gasteiger partial charge is 0.355 e. The molecule has 100 valence electrons. The van der Waals surface area contributed by atoms with Crippen LogP contribution < -0.4 is 4.90 Å². The normalized spacial score (nSPS) is 15.8. The molecule has 1 aliphatic rings. The summed E-state index contributed by atoms with van der Waals surface area (Å²) in [5.74, 6) is 1.54. The van der Waals surface area contributed by atoms with E-state index in [0.717, 1.165) is 37.3 Å². The van der Waals surface area contributed by atoms with Crippen LogP contribution in [0.15, 0.2) is 42.9 Å². The van der Waals surface area contributed by atoms with Crippen LogP contribution in [0.1, 0.15) is 29.9 Å². The summed E-state index contributed by atoms with van der Waals surface area (Å²) in [4.78, 5) is 10.8. The Balaban J connectivity index is 1.65. The van der Waals surface area contributed by atoms with E-state index < -0.39 is 0 Å². The van der Waals surface area contributed by atoms with Crippen molar-refractivity contribution in [3.63, 3.8) is 0 Å². The van der Waals surface area contributed by atoms with Gasteiger partial charge in [0.15, 0.2) is 0 Å². The van der Waals surface area contributed by atoms with E-state index in [1.807, 2.05) is 18.3 Å². The zero-order valence-electron chi connectivity index (χ0n) is 11.2. The predicted octanol–water partition coefficient (Wildman–Crippen LogP) is 2.73. The summed E-state index contributed by atoms with van der Waals surface area (Å²) in [7, 11) is 0. The Hall–Kier alpha value is -2.41. The predicted molar refractivity (Wildman–Crippen MR) is 77.4 cm³/mol. The van der Waals surface area contributed by atoms with Gasteiger partial charge in [0.2, 0.25) is 0 Å². The van der Waals surface area contributed by atoms with Gasteiger partial charge in [0.05, 0.1) is 17.8 Å². The first-order valence-electron chi connectivity index (χ1n) is 6.88. The van der Waals surface area contributed by atoms with Gasteiger partial charge in [0, 0.05) is 25.5 Å². The standard InChI is InChI=1S/C16H16N4/c17-11-13-1-3-14(4-2-13)15-5-9-20(10-6-15)16-12-18-7-8-19-16/h1-4,7-8,12,15H,5-6,9-10H2. The number of piperidine rings is 1. The lowest BCUT2D eigenvalue weighted by atomic mass is 9.89. The number of hydrogen-bond acceptors (Lipinski definition) is 4. The summed E-state index contributed by atoms with van der Waals surface area (Å²) in [6.07, 6.45) is 7.49. The number of rotatable bonds is 2. The number of nitrogens with zero attached hydrogens (tertiary/aromatic N) is 4. The number of anilines is 1. The highest BCUT2D eigenvalue weighted by molar-refractivity contribution is 5.37. The fraction of sp³-hybridized carbons (Fsp3) is 0.312. The van der Waals surface area contributed by atoms with Gasteiger partial charge in [-0.25, -0.2) is 4.98 Å². The molecule has 0 saturated carbocycles. The van der Waals surface area contributed by atoms with Gasteiger partial charge in [-0.05, 0) is 36.5 Å². The van der Waals surface area contributed by atoms with Crippen molar-refractivity contribution in [2.24, 2.45) is 0 Å². The molecule has 3 rings (SSSR count). The van der Waals surface area contributed by atoms with Crippen LogP contribution in [0.4, 0.5) is 5.82 Å². The van der Waals surface area contributed by atoms with Crippen LogP contribution in [-0.4, -0.2) is 23.1 Å². The van der Waals surface area contributed by atoms with Crippen molar-refractivity contribution in [2.45, 2.75) is 18.8 Å². The number of benzene rings is 1. The SMILES string of the molecule is N#Cc1ccc(C2CCN(c3cnccn3)CC2)cc1. The Bertz CT molecular complexity index is 593. The number of nitriles is 1. The van der Waals surface area contributed by atoms with Crippen molar-refractivity contribution in [2.75, 3.05) is 18.0 Å². The third kappa shape index (κ3) is 2.62. The summed E-state index contributed by atoms with van der Waals surface area (Å²) in [5.41, 5.74) is 2.06. The van der Waals surface area contributed by atoms with Crippen molar-refractivity contribution < 1.29 is 0 Å². The van der Waals surface area contributed by atoms with E-state index in [1.165, 1.54) is 5.56 Å². The van der Waals surface area contributed by atoms with Crippen LogP contribution in [0.3, 0.4) is 0 Å². The summed E-state index contributed by atoms with van der Waals surface area (Å²) in [5, 5.41) is 8.83. The average Bonchev–Trinajstić information content (AvgIpc) is 2.56. The number of hydrogen-bond donors (Lipinski definition) is 0. The maximum atomic E-state index is 8.83. The van der Waals surface area contributed by atoms with Gasteiger partial charge in [0.25, 0.3) is 0 Å². The molecule has 0 N–H and O–H groups in total. The molecule has 2 aromatic rings. The molecule has 0 aliphatic carbocycles. The Kier molecular flexibility index (Phi) is 3.60. The molecule has 1 aromatic carbocycles. The van der Waals surface area contributed by atoms with E-state index in [0.29, 0.717) is 5.92 Å². The molecule has 20 heavy (non-hydrogen) atoms. The zero-order chi connectivity index (χ0) is 13.8. The molecule has 1 aromatic heterocycles. The minimum Gasteiger partial charge on any atom is -0.355 e. The van der Waals surface area contributed by atoms with E-state index >= 15 is 0 Å². The minimum atomic E-state index is 0.579. The quantitative estimate of drug-likeness (QED) is 0.837. The Morgan fingerprint density at radius 3 is 2.45 bits per heavy atom. The van der Waals surface area contributed by atoms with E-state index in [1.54, 1.807) is 12.4 Å². The van der Waals surface area contributed by atoms with Crippen LogP contribution in [0.25, 0.3) is 0 Å². The van der Waals surface area contributed by atoms with Gasteiger partial charge in [-0.2, -0.15) is 5.26 Å². The Labute approximate surface area is 118 Å². The van der Waals surface area contributed by atoms with Crippen LogP contribution in [0, 0.1) is 11.3 Å². The molecule has 0 radical (unpaired) electrons. The molecule has 0 atom stereocenters. The van der Waals surface area contributed by atoms with Gasteiger partial charge in [-0.15, -0.1) is 0 Å². The first-order valence-corrected chi connectivity index (χ1v) is 6.88. The maximum absolute atomic E-state index is 8.83. The van der Waals surface area contributed by atoms with Crippen molar-refractivity contribution in [1.29, 1.82) is 5.26 Å². The molecule has 1 aliphatic heterocycles. The summed E-state index contributed by atoms with van der Waals surface area (Å²) in [6, 6.07) is 10.1. The van der Waals surface area contributed by atoms with Crippen molar-refractivity contribution in [3.05, 3.63) is 54.0 Å². The van der Waals surface area contributed by atoms with Gasteiger partial charge in [-0.1, -0.05) is 12.1 Å². The molecule has 2 heterocycles. The Morgan fingerprint density at radius 2 is 1.85 bits per heavy atom. The van der Waals surface area contributed by atoms with Crippen molar-refractivity contribution >= 4 is 5.82 Å². The first-order chi connectivity index (χ1) is 9.86. The molecule has 0 unspecified atom stereocenters. The third-order valence-electron chi connectivity index (χ3n) is 3.88. The fourth-order valence-corrected chi connectivity index (χ4v) is 2.73. The van der Waals surface area contributed by atoms with Gasteiger partial charge in [-0.3, -0.25) is 4.98 Å². The monoisotopic (exact) mass is 264 g/mol. The number of aromatic nitrogens is 2. The lowest BCUT2D eigenvalue weighted by Gasteiger charge is -2.32. The summed E-state index contributed by atoms with van der Waals surface area (Å²) in [6.45, 7) is 2.01. The van der Waals surface area contributed by atoms with Crippen molar-refractivity contribution in [1.82, 2.24) is 9.97 Å². The van der Waals surface area contributed by atoms with Crippen LogP contribution >= 0.6 is 0 Å². The summed E-state index contributed by atoms with van der Waals surface area (Å²) >= 11 is 0. The lowest BCUT2D eigenvalue weighted by molar-refractivity contribution is 0.502. The average molecular weight is 264 g/mol. The summed E-state index contributed by atoms with van der Waals surface area (Å²) < 4.78 is 0. The van der Waals surface area contributed by atoms with E-state index in [9.17, 15) is 0 Å². The second kappa shape index (κ2) is 5.70. The first kappa shape index (κ1) is 12.6. The topological polar surface area (TPSA) is 52.8 Å². The zero-order valence-corrected chi connectivity index (χ0v) is 11.2. The molecule has 4 nitrogen and oxygen atoms in total. The molecule has 0 amide bonds. The van der Waals surface area contributed by atoms with Crippen LogP contribution in [0.5, 0.6) is 0 Å². The molecular weight excluding hydrogens is 248 g/mol. The fourth-order valence-electron chi connectivity index (χ4n) is 2.73. The molecular formula is C16H16N4. The lowest BCUT2D eigenvalue weighted by Crippen LogP contribution is -2.33. The maximum Gasteiger partial charge on any atom is 0.147 e.